The number of rotatable bonds is 18. The fraction of sp³-hybridized carbons (Fsp3) is 0.459. The molecule has 11 nitrogen and oxygen atoms in total. The first-order valence-corrected chi connectivity index (χ1v) is 17.2. The van der Waals surface area contributed by atoms with E-state index in [9.17, 15) is 19.2 Å². The minimum atomic E-state index is -0.628. The van der Waals surface area contributed by atoms with E-state index in [0.717, 1.165) is 38.6 Å². The van der Waals surface area contributed by atoms with Crippen molar-refractivity contribution in [1.29, 1.82) is 0 Å². The molecule has 1 saturated heterocycles. The molecule has 2 aromatic carbocycles. The molecule has 1 aliphatic heterocycles. The number of aromatic amines is 1. The highest BCUT2D eigenvalue weighted by molar-refractivity contribution is 6.45. The molecular weight excluding hydrogens is 608 g/mol. The molecule has 1 atom stereocenters. The van der Waals surface area contributed by atoms with E-state index in [0.29, 0.717) is 41.8 Å². The average Bonchev–Trinajstić information content (AvgIpc) is 3.53. The molecule has 3 aromatic rings. The van der Waals surface area contributed by atoms with Crippen LogP contribution in [0.3, 0.4) is 0 Å². The summed E-state index contributed by atoms with van der Waals surface area (Å²) in [7, 11) is 0. The molecule has 4 rings (SSSR count). The molecule has 0 spiro atoms. The van der Waals surface area contributed by atoms with Gasteiger partial charge in [-0.1, -0.05) is 81.7 Å². The highest BCUT2D eigenvalue weighted by atomic mass is 16.3. The van der Waals surface area contributed by atoms with Gasteiger partial charge in [-0.15, -0.1) is 0 Å². The molecule has 5 N–H and O–H groups in total. The number of urea groups is 1. The van der Waals surface area contributed by atoms with E-state index < -0.39 is 11.7 Å². The minimum absolute atomic E-state index is 0.0379. The summed E-state index contributed by atoms with van der Waals surface area (Å²) < 4.78 is 0. The van der Waals surface area contributed by atoms with Crippen LogP contribution in [0.25, 0.3) is 10.9 Å². The van der Waals surface area contributed by atoms with Crippen LogP contribution in [0.5, 0.6) is 0 Å². The maximum Gasteiger partial charge on any atom is 0.319 e. The molecule has 0 unspecified atom stereocenters. The first kappa shape index (κ1) is 36.0. The summed E-state index contributed by atoms with van der Waals surface area (Å²) in [5.74, 6) is -1.29. The number of nitrogens with zero attached hydrogens (tertiary/aromatic N) is 2. The molecule has 1 aliphatic rings. The first-order chi connectivity index (χ1) is 23.3. The summed E-state index contributed by atoms with van der Waals surface area (Å²) in [5, 5.41) is 18.2. The van der Waals surface area contributed by atoms with E-state index >= 15 is 0 Å². The van der Waals surface area contributed by atoms with Gasteiger partial charge in [-0.3, -0.25) is 14.4 Å². The Morgan fingerprint density at radius 1 is 0.833 bits per heavy atom. The number of amides is 4. The second kappa shape index (κ2) is 18.5. The number of carbonyl (C=O) groups excluding carboxylic acids is 4. The number of anilines is 1. The normalized spacial score (nSPS) is 14.5. The van der Waals surface area contributed by atoms with Gasteiger partial charge in [0.25, 0.3) is 17.6 Å². The van der Waals surface area contributed by atoms with E-state index in [4.69, 9.17) is 5.11 Å². The molecule has 11 heteroatoms. The Bertz CT molecular complexity index is 1540. The predicted octanol–water partition coefficient (Wildman–Crippen LogP) is 6.37. The topological polar surface area (TPSA) is 147 Å². The number of fused-ring (bicyclic) bond motifs is 1. The van der Waals surface area contributed by atoms with Crippen molar-refractivity contribution in [3.05, 3.63) is 78.3 Å². The molecule has 1 aromatic heterocycles. The molecule has 0 radical (unpaired) electrons. The van der Waals surface area contributed by atoms with Crippen molar-refractivity contribution in [1.82, 2.24) is 25.4 Å². The van der Waals surface area contributed by atoms with Gasteiger partial charge < -0.3 is 35.8 Å². The Morgan fingerprint density at radius 3 is 2.08 bits per heavy atom. The van der Waals surface area contributed by atoms with Gasteiger partial charge >= 0.3 is 6.03 Å². The summed E-state index contributed by atoms with van der Waals surface area (Å²) in [5.41, 5.74) is 1.94. The van der Waals surface area contributed by atoms with Crippen LogP contribution in [0, 0.1) is 0 Å². The van der Waals surface area contributed by atoms with Crippen LogP contribution in [0.4, 0.5) is 10.5 Å². The summed E-state index contributed by atoms with van der Waals surface area (Å²) in [6, 6.07) is 13.6. The van der Waals surface area contributed by atoms with Crippen LogP contribution in [-0.4, -0.2) is 82.3 Å². The van der Waals surface area contributed by atoms with Crippen molar-refractivity contribution in [2.45, 2.75) is 77.2 Å². The number of piperazine rings is 1. The molecule has 0 aliphatic carbocycles. The standard InChI is InChI=1S/C37H50N6O5/c1-27-26-42(35(46)29-17-12-11-13-18-29)23-24-43(27)36(47)34(45)31-25-40-33-30(31)19-16-20-32(33)41-37(48)39-22-15-10-8-6-4-3-5-7-9-14-21-38-28(2)44/h11-13,16-20,25,27,38,40,44H,2-10,14-15,21-24,26H2,1H3,(H2,39,41,48)/t27-/m1/s1. The van der Waals surface area contributed by atoms with Crippen LogP contribution in [0.1, 0.15) is 91.8 Å². The predicted molar refractivity (Wildman–Crippen MR) is 189 cm³/mol. The Morgan fingerprint density at radius 2 is 1.46 bits per heavy atom. The van der Waals surface area contributed by atoms with Gasteiger partial charge in [0.2, 0.25) is 0 Å². The maximum absolute atomic E-state index is 13.4. The smallest absolute Gasteiger partial charge is 0.319 e. The van der Waals surface area contributed by atoms with Crippen molar-refractivity contribution in [2.24, 2.45) is 0 Å². The number of aliphatic hydroxyl groups excluding tert-OH is 1. The highest BCUT2D eigenvalue weighted by Gasteiger charge is 2.34. The lowest BCUT2D eigenvalue weighted by atomic mass is 10.1. The van der Waals surface area contributed by atoms with Crippen molar-refractivity contribution < 1.29 is 24.3 Å². The lowest BCUT2D eigenvalue weighted by Crippen LogP contribution is -2.56. The monoisotopic (exact) mass is 658 g/mol. The number of hydrogen-bond acceptors (Lipinski definition) is 6. The van der Waals surface area contributed by atoms with E-state index in [1.54, 1.807) is 35.2 Å². The van der Waals surface area contributed by atoms with Crippen molar-refractivity contribution in [2.75, 3.05) is 38.0 Å². The van der Waals surface area contributed by atoms with Gasteiger partial charge in [-0.25, -0.2) is 4.79 Å². The van der Waals surface area contributed by atoms with Crippen LogP contribution in [0.15, 0.2) is 67.2 Å². The number of H-pyrrole nitrogens is 1. The Hall–Kier alpha value is -4.80. The number of aliphatic hydroxyl groups is 1. The van der Waals surface area contributed by atoms with Gasteiger partial charge in [-0.05, 0) is 44.5 Å². The zero-order valence-electron chi connectivity index (χ0n) is 28.1. The summed E-state index contributed by atoms with van der Waals surface area (Å²) in [6.45, 7) is 7.55. The summed E-state index contributed by atoms with van der Waals surface area (Å²) in [6.07, 6.45) is 12.9. The van der Waals surface area contributed by atoms with Crippen molar-refractivity contribution >= 4 is 40.2 Å². The van der Waals surface area contributed by atoms with Gasteiger partial charge in [0.1, 0.15) is 0 Å². The van der Waals surface area contributed by atoms with Gasteiger partial charge in [0.15, 0.2) is 5.88 Å². The zero-order valence-corrected chi connectivity index (χ0v) is 28.1. The Kier molecular flexibility index (Phi) is 13.9. The minimum Gasteiger partial charge on any atom is -0.495 e. The van der Waals surface area contributed by atoms with E-state index in [-0.39, 0.29) is 36.0 Å². The molecule has 48 heavy (non-hydrogen) atoms. The average molecular weight is 659 g/mol. The molecule has 1 fully saturated rings. The van der Waals surface area contributed by atoms with E-state index in [1.165, 1.54) is 43.2 Å². The largest absolute Gasteiger partial charge is 0.495 e. The number of aromatic nitrogens is 1. The van der Waals surface area contributed by atoms with E-state index in [1.807, 2.05) is 25.1 Å². The van der Waals surface area contributed by atoms with Gasteiger partial charge in [-0.2, -0.15) is 0 Å². The lowest BCUT2D eigenvalue weighted by molar-refractivity contribution is -0.130. The van der Waals surface area contributed by atoms with Crippen LogP contribution >= 0.6 is 0 Å². The number of hydrogen-bond donors (Lipinski definition) is 5. The number of nitrogens with one attached hydrogen (secondary N) is 4. The fourth-order valence-corrected chi connectivity index (χ4v) is 6.16. The number of ketones is 1. The van der Waals surface area contributed by atoms with Crippen LogP contribution in [-0.2, 0) is 4.79 Å². The highest BCUT2D eigenvalue weighted by Crippen LogP contribution is 2.27. The Balaban J connectivity index is 1.16. The lowest BCUT2D eigenvalue weighted by Gasteiger charge is -2.39. The molecule has 0 bridgehead atoms. The van der Waals surface area contributed by atoms with Crippen LogP contribution in [0.2, 0.25) is 0 Å². The summed E-state index contributed by atoms with van der Waals surface area (Å²) in [4.78, 5) is 58.6. The molecule has 4 amide bonds. The molecule has 0 saturated carbocycles. The quantitative estimate of drug-likeness (QED) is 0.0465. The maximum atomic E-state index is 13.4. The number of Topliss-reactive ketones (excluding diaryl/α,β-unsaturated/α-hetero) is 1. The third-order valence-electron chi connectivity index (χ3n) is 8.82. The third-order valence-corrected chi connectivity index (χ3v) is 8.82. The van der Waals surface area contributed by atoms with Crippen molar-refractivity contribution in [3.8, 4) is 0 Å². The van der Waals surface area contributed by atoms with Crippen LogP contribution < -0.4 is 16.0 Å². The third kappa shape index (κ3) is 10.4. The van der Waals surface area contributed by atoms with Gasteiger partial charge in [0.05, 0.1) is 16.8 Å². The number of carbonyl (C=O) groups is 4. The summed E-state index contributed by atoms with van der Waals surface area (Å²) >= 11 is 0. The Labute approximate surface area is 283 Å². The second-order valence-corrected chi connectivity index (χ2v) is 12.5. The SMILES string of the molecule is C=C(O)NCCCCCCCCCCCCNC(=O)Nc1cccc2c(C(=O)C(=O)N3CCN(C(=O)c4ccccc4)C[C@H]3C)c[nH]c12. The van der Waals surface area contributed by atoms with E-state index in [2.05, 4.69) is 27.5 Å². The fourth-order valence-electron chi connectivity index (χ4n) is 6.16. The number of unbranched alkanes of at least 4 members (excludes halogenated alkanes) is 9. The number of para-hydroxylation sites is 1. The zero-order chi connectivity index (χ0) is 34.3. The molecule has 2 heterocycles. The molecule has 258 valence electrons. The van der Waals surface area contributed by atoms with Crippen molar-refractivity contribution in [3.63, 3.8) is 0 Å². The second-order valence-electron chi connectivity index (χ2n) is 12.5. The number of benzene rings is 2. The molecular formula is C37H50N6O5. The van der Waals surface area contributed by atoms with Gasteiger partial charge in [0, 0.05) is 55.9 Å². The first-order valence-electron chi connectivity index (χ1n) is 17.2.